The van der Waals surface area contributed by atoms with Crippen LogP contribution in [-0.2, 0) is 13.0 Å². The summed E-state index contributed by atoms with van der Waals surface area (Å²) in [6.07, 6.45) is 4.81. The molecule has 7 nitrogen and oxygen atoms in total. The number of hydrogen-bond donors (Lipinski definition) is 2. The number of nitrogens with one attached hydrogen (secondary N) is 2. The van der Waals surface area contributed by atoms with Crippen molar-refractivity contribution in [3.8, 4) is 5.69 Å². The van der Waals surface area contributed by atoms with Gasteiger partial charge in [0.1, 0.15) is 12.3 Å². The van der Waals surface area contributed by atoms with Gasteiger partial charge in [-0.05, 0) is 44.9 Å². The van der Waals surface area contributed by atoms with Crippen LogP contribution in [0.5, 0.6) is 0 Å². The molecule has 0 unspecified atom stereocenters. The Morgan fingerprint density at radius 2 is 2.00 bits per heavy atom. The van der Waals surface area contributed by atoms with E-state index in [-0.39, 0.29) is 0 Å². The van der Waals surface area contributed by atoms with E-state index < -0.39 is 0 Å². The fraction of sp³-hybridized carbons (Fsp3) is 0.350. The zero-order valence-corrected chi connectivity index (χ0v) is 16.1. The third-order valence-electron chi connectivity index (χ3n) is 4.15. The maximum atomic E-state index is 5.58. The van der Waals surface area contributed by atoms with Crippen LogP contribution < -0.4 is 10.6 Å². The normalized spacial score (nSPS) is 11.6. The van der Waals surface area contributed by atoms with Crippen LogP contribution in [0.2, 0.25) is 0 Å². The van der Waals surface area contributed by atoms with Gasteiger partial charge >= 0.3 is 0 Å². The summed E-state index contributed by atoms with van der Waals surface area (Å²) in [5.74, 6) is 2.22. The molecule has 0 radical (unpaired) electrons. The molecule has 0 aliphatic rings. The molecule has 0 saturated heterocycles. The Morgan fingerprint density at radius 3 is 2.70 bits per heavy atom. The van der Waals surface area contributed by atoms with Crippen LogP contribution >= 0.6 is 0 Å². The molecule has 0 aliphatic carbocycles. The molecule has 0 fully saturated rings. The lowest BCUT2D eigenvalue weighted by molar-refractivity contribution is 0.473. The Labute approximate surface area is 159 Å². The van der Waals surface area contributed by atoms with Crippen LogP contribution in [0.4, 0.5) is 0 Å². The van der Waals surface area contributed by atoms with Gasteiger partial charge in [-0.3, -0.25) is 0 Å². The van der Waals surface area contributed by atoms with E-state index in [2.05, 4.69) is 31.9 Å². The molecule has 7 heteroatoms. The van der Waals surface area contributed by atoms with Gasteiger partial charge in [0.05, 0.1) is 17.6 Å². The van der Waals surface area contributed by atoms with Crippen molar-refractivity contribution in [2.45, 2.75) is 33.7 Å². The van der Waals surface area contributed by atoms with Gasteiger partial charge in [-0.25, -0.2) is 14.7 Å². The number of rotatable bonds is 7. The van der Waals surface area contributed by atoms with E-state index in [4.69, 9.17) is 4.42 Å². The van der Waals surface area contributed by atoms with Crippen LogP contribution in [0, 0.1) is 13.8 Å². The third kappa shape index (κ3) is 5.20. The van der Waals surface area contributed by atoms with Gasteiger partial charge in [0.25, 0.3) is 0 Å². The number of benzene rings is 1. The average molecular weight is 366 g/mol. The van der Waals surface area contributed by atoms with Crippen molar-refractivity contribution in [2.24, 2.45) is 4.99 Å². The van der Waals surface area contributed by atoms with Gasteiger partial charge in [0.15, 0.2) is 5.96 Å². The summed E-state index contributed by atoms with van der Waals surface area (Å²) >= 11 is 0. The smallest absolute Gasteiger partial charge is 0.216 e. The number of oxazole rings is 1. The van der Waals surface area contributed by atoms with E-state index in [9.17, 15) is 0 Å². The lowest BCUT2D eigenvalue weighted by atomic mass is 10.2. The maximum Gasteiger partial charge on any atom is 0.216 e. The number of aromatic nitrogens is 3. The zero-order chi connectivity index (χ0) is 19.1. The maximum absolute atomic E-state index is 5.58. The minimum Gasteiger partial charge on any atom is -0.444 e. The molecular formula is C20H26N6O. The minimum atomic E-state index is 0.413. The molecule has 0 amide bonds. The van der Waals surface area contributed by atoms with Crippen LogP contribution in [0.3, 0.4) is 0 Å². The average Bonchev–Trinajstić information content (AvgIpc) is 3.27. The summed E-state index contributed by atoms with van der Waals surface area (Å²) in [4.78, 5) is 8.90. The summed E-state index contributed by atoms with van der Waals surface area (Å²) in [6.45, 7) is 7.85. The topological polar surface area (TPSA) is 80.3 Å². The van der Waals surface area contributed by atoms with Crippen molar-refractivity contribution in [1.29, 1.82) is 0 Å². The summed E-state index contributed by atoms with van der Waals surface area (Å²) in [7, 11) is 0. The van der Waals surface area contributed by atoms with E-state index >= 15 is 0 Å². The predicted molar refractivity (Wildman–Crippen MR) is 106 cm³/mol. The SMILES string of the molecule is CCNC(=NCc1nc(C)c(C)o1)NCCc1cnn(-c2ccccc2)c1. The molecule has 1 aromatic carbocycles. The first-order valence-electron chi connectivity index (χ1n) is 9.19. The van der Waals surface area contributed by atoms with Crippen molar-refractivity contribution >= 4 is 5.96 Å². The fourth-order valence-electron chi connectivity index (χ4n) is 2.63. The quantitative estimate of drug-likeness (QED) is 0.496. The molecule has 2 aromatic heterocycles. The fourth-order valence-corrected chi connectivity index (χ4v) is 2.63. The highest BCUT2D eigenvalue weighted by Crippen LogP contribution is 2.09. The van der Waals surface area contributed by atoms with Gasteiger partial charge in [-0.2, -0.15) is 5.10 Å². The Kier molecular flexibility index (Phi) is 6.25. The van der Waals surface area contributed by atoms with Crippen LogP contribution in [0.1, 0.15) is 29.8 Å². The van der Waals surface area contributed by atoms with Crippen LogP contribution in [-0.4, -0.2) is 33.8 Å². The molecule has 0 spiro atoms. The number of aryl methyl sites for hydroxylation is 2. The number of aliphatic imine (C=N–C) groups is 1. The first-order valence-corrected chi connectivity index (χ1v) is 9.19. The molecule has 142 valence electrons. The van der Waals surface area contributed by atoms with E-state index in [1.165, 1.54) is 5.56 Å². The lowest BCUT2D eigenvalue weighted by Gasteiger charge is -2.10. The van der Waals surface area contributed by atoms with Crippen LogP contribution in [0.25, 0.3) is 5.69 Å². The van der Waals surface area contributed by atoms with E-state index in [0.29, 0.717) is 12.4 Å². The number of nitrogens with zero attached hydrogens (tertiary/aromatic N) is 4. The lowest BCUT2D eigenvalue weighted by Crippen LogP contribution is -2.38. The largest absolute Gasteiger partial charge is 0.444 e. The Hall–Kier alpha value is -3.09. The molecule has 0 atom stereocenters. The predicted octanol–water partition coefficient (Wildman–Crippen LogP) is 2.77. The van der Waals surface area contributed by atoms with Crippen molar-refractivity contribution in [3.63, 3.8) is 0 Å². The highest BCUT2D eigenvalue weighted by molar-refractivity contribution is 5.79. The van der Waals surface area contributed by atoms with Gasteiger partial charge in [-0.15, -0.1) is 0 Å². The van der Waals surface area contributed by atoms with Crippen molar-refractivity contribution in [3.05, 3.63) is 65.6 Å². The molecule has 3 rings (SSSR count). The van der Waals surface area contributed by atoms with Gasteiger partial charge in [0, 0.05) is 19.3 Å². The van der Waals surface area contributed by atoms with Crippen LogP contribution in [0.15, 0.2) is 52.1 Å². The zero-order valence-electron chi connectivity index (χ0n) is 16.1. The molecule has 2 heterocycles. The Balaban J connectivity index is 1.53. The number of para-hydroxylation sites is 1. The number of guanidine groups is 1. The summed E-state index contributed by atoms with van der Waals surface area (Å²) in [5.41, 5.74) is 3.14. The monoisotopic (exact) mass is 366 g/mol. The minimum absolute atomic E-state index is 0.413. The molecule has 2 N–H and O–H groups in total. The van der Waals surface area contributed by atoms with E-state index in [1.807, 2.05) is 62.0 Å². The second-order valence-corrected chi connectivity index (χ2v) is 6.25. The standard InChI is InChI=1S/C20H26N6O/c1-4-21-20(23-13-19-25-15(2)16(3)27-19)22-11-10-17-12-24-26(14-17)18-8-6-5-7-9-18/h5-9,12,14H,4,10-11,13H2,1-3H3,(H2,21,22,23). The van der Waals surface area contributed by atoms with Crippen molar-refractivity contribution in [1.82, 2.24) is 25.4 Å². The van der Waals surface area contributed by atoms with Gasteiger partial charge in [0.2, 0.25) is 5.89 Å². The molecule has 27 heavy (non-hydrogen) atoms. The first-order chi connectivity index (χ1) is 13.2. The molecule has 0 bridgehead atoms. The second kappa shape index (κ2) is 9.02. The molecule has 0 saturated carbocycles. The molecule has 0 aliphatic heterocycles. The van der Waals surface area contributed by atoms with E-state index in [0.717, 1.165) is 42.6 Å². The Bertz CT molecular complexity index is 862. The van der Waals surface area contributed by atoms with Crippen molar-refractivity contribution < 1.29 is 4.42 Å². The van der Waals surface area contributed by atoms with Gasteiger partial charge in [-0.1, -0.05) is 18.2 Å². The highest BCUT2D eigenvalue weighted by Gasteiger charge is 2.06. The van der Waals surface area contributed by atoms with Crippen molar-refractivity contribution in [2.75, 3.05) is 13.1 Å². The van der Waals surface area contributed by atoms with Gasteiger partial charge < -0.3 is 15.1 Å². The summed E-state index contributed by atoms with van der Waals surface area (Å²) in [6, 6.07) is 10.1. The summed E-state index contributed by atoms with van der Waals surface area (Å²) < 4.78 is 7.47. The molecule has 3 aromatic rings. The Morgan fingerprint density at radius 1 is 1.19 bits per heavy atom. The number of hydrogen-bond acceptors (Lipinski definition) is 4. The summed E-state index contributed by atoms with van der Waals surface area (Å²) in [5, 5.41) is 11.0. The van der Waals surface area contributed by atoms with E-state index in [1.54, 1.807) is 0 Å². The first kappa shape index (κ1) is 18.7. The highest BCUT2D eigenvalue weighted by atomic mass is 16.4. The molecular weight excluding hydrogens is 340 g/mol. The second-order valence-electron chi connectivity index (χ2n) is 6.25. The third-order valence-corrected chi connectivity index (χ3v) is 4.15.